The van der Waals surface area contributed by atoms with Gasteiger partial charge in [0.1, 0.15) is 11.5 Å². The number of benzene rings is 2. The zero-order chi connectivity index (χ0) is 19.1. The molecule has 0 aliphatic heterocycles. The molecule has 0 fully saturated rings. The lowest BCUT2D eigenvalue weighted by atomic mass is 10.2. The molecule has 0 atom stereocenters. The number of carbonyl (C=O) groups is 1. The van der Waals surface area contributed by atoms with Crippen LogP contribution >= 0.6 is 11.3 Å². The van der Waals surface area contributed by atoms with Crippen molar-refractivity contribution in [2.24, 2.45) is 0 Å². The van der Waals surface area contributed by atoms with E-state index in [1.165, 1.54) is 11.3 Å². The molecule has 0 radical (unpaired) electrons. The van der Waals surface area contributed by atoms with Crippen LogP contribution in [0.25, 0.3) is 11.3 Å². The maximum absolute atomic E-state index is 12.1. The second kappa shape index (κ2) is 9.19. The minimum absolute atomic E-state index is 0.0537. The van der Waals surface area contributed by atoms with E-state index in [2.05, 4.69) is 17.2 Å². The molecule has 3 rings (SSSR count). The van der Waals surface area contributed by atoms with Gasteiger partial charge in [-0.3, -0.25) is 10.1 Å². The summed E-state index contributed by atoms with van der Waals surface area (Å²) >= 11 is 1.39. The normalized spacial score (nSPS) is 10.4. The van der Waals surface area contributed by atoms with E-state index in [4.69, 9.17) is 9.47 Å². The number of ether oxygens (including phenoxy) is 2. The van der Waals surface area contributed by atoms with Gasteiger partial charge in [-0.25, -0.2) is 4.98 Å². The van der Waals surface area contributed by atoms with E-state index >= 15 is 0 Å². The van der Waals surface area contributed by atoms with Gasteiger partial charge in [0.2, 0.25) is 0 Å². The monoisotopic (exact) mass is 382 g/mol. The summed E-state index contributed by atoms with van der Waals surface area (Å²) in [5.41, 5.74) is 2.88. The van der Waals surface area contributed by atoms with Gasteiger partial charge in [0.05, 0.1) is 12.3 Å². The first kappa shape index (κ1) is 18.9. The largest absolute Gasteiger partial charge is 0.494 e. The highest BCUT2D eigenvalue weighted by molar-refractivity contribution is 7.14. The fraction of sp³-hybridized carbons (Fsp3) is 0.238. The Kier molecular flexibility index (Phi) is 6.44. The average molecular weight is 382 g/mol. The number of thiazole rings is 1. The Labute approximate surface area is 163 Å². The average Bonchev–Trinajstić information content (AvgIpc) is 3.13. The number of hydrogen-bond donors (Lipinski definition) is 1. The van der Waals surface area contributed by atoms with Crippen molar-refractivity contribution in [2.45, 2.75) is 20.3 Å². The van der Waals surface area contributed by atoms with Gasteiger partial charge >= 0.3 is 0 Å². The molecule has 3 aromatic rings. The molecule has 140 valence electrons. The Hall–Kier alpha value is -2.86. The Morgan fingerprint density at radius 1 is 1.11 bits per heavy atom. The van der Waals surface area contributed by atoms with Crippen LogP contribution < -0.4 is 14.8 Å². The number of rotatable bonds is 8. The molecule has 2 aromatic carbocycles. The lowest BCUT2D eigenvalue weighted by molar-refractivity contribution is -0.118. The Morgan fingerprint density at radius 2 is 1.93 bits per heavy atom. The van der Waals surface area contributed by atoms with Crippen LogP contribution in [-0.2, 0) is 4.79 Å². The third-order valence-corrected chi connectivity index (χ3v) is 4.49. The predicted molar refractivity (Wildman–Crippen MR) is 109 cm³/mol. The number of carbonyl (C=O) groups excluding carboxylic acids is 1. The number of aryl methyl sites for hydroxylation is 1. The molecule has 6 heteroatoms. The fourth-order valence-corrected chi connectivity index (χ4v) is 3.15. The van der Waals surface area contributed by atoms with Crippen molar-refractivity contribution in [1.29, 1.82) is 0 Å². The molecule has 27 heavy (non-hydrogen) atoms. The van der Waals surface area contributed by atoms with Gasteiger partial charge in [0.15, 0.2) is 11.7 Å². The molecule has 5 nitrogen and oxygen atoms in total. The van der Waals surface area contributed by atoms with E-state index < -0.39 is 0 Å². The van der Waals surface area contributed by atoms with Crippen molar-refractivity contribution < 1.29 is 14.3 Å². The number of anilines is 1. The predicted octanol–water partition coefficient (Wildman–Crippen LogP) is 4.92. The van der Waals surface area contributed by atoms with Gasteiger partial charge < -0.3 is 9.47 Å². The molecule has 0 saturated heterocycles. The molecule has 1 N–H and O–H groups in total. The Balaban J connectivity index is 1.54. The quantitative estimate of drug-likeness (QED) is 0.600. The summed E-state index contributed by atoms with van der Waals surface area (Å²) in [6, 6.07) is 15.4. The third-order valence-electron chi connectivity index (χ3n) is 3.73. The first-order valence-electron chi connectivity index (χ1n) is 8.82. The van der Waals surface area contributed by atoms with Gasteiger partial charge in [-0.15, -0.1) is 11.3 Å². The number of nitrogens with zero attached hydrogens (tertiary/aromatic N) is 1. The van der Waals surface area contributed by atoms with Gasteiger partial charge in [0.25, 0.3) is 5.91 Å². The number of nitrogens with one attached hydrogen (secondary N) is 1. The SMILES string of the molecule is CCCOc1ccc(-c2csc(NC(=O)COc3cccc(C)c3)n2)cc1. The van der Waals surface area contributed by atoms with Crippen molar-refractivity contribution in [2.75, 3.05) is 18.5 Å². The van der Waals surface area contributed by atoms with Crippen LogP contribution in [0.1, 0.15) is 18.9 Å². The smallest absolute Gasteiger partial charge is 0.264 e. The summed E-state index contributed by atoms with van der Waals surface area (Å²) < 4.78 is 11.1. The topological polar surface area (TPSA) is 60.5 Å². The molecule has 0 aliphatic carbocycles. The van der Waals surface area contributed by atoms with Crippen LogP contribution in [0.4, 0.5) is 5.13 Å². The van der Waals surface area contributed by atoms with E-state index in [-0.39, 0.29) is 12.5 Å². The fourth-order valence-electron chi connectivity index (χ4n) is 2.41. The van der Waals surface area contributed by atoms with Gasteiger partial charge in [-0.1, -0.05) is 19.1 Å². The lowest BCUT2D eigenvalue weighted by Gasteiger charge is -2.06. The van der Waals surface area contributed by atoms with Crippen molar-refractivity contribution >= 4 is 22.4 Å². The van der Waals surface area contributed by atoms with Crippen LogP contribution in [0.2, 0.25) is 0 Å². The van der Waals surface area contributed by atoms with E-state index in [9.17, 15) is 4.79 Å². The summed E-state index contributed by atoms with van der Waals surface area (Å²) in [5, 5.41) is 5.24. The Bertz CT molecular complexity index is 890. The molecule has 1 aromatic heterocycles. The maximum Gasteiger partial charge on any atom is 0.264 e. The van der Waals surface area contributed by atoms with Crippen LogP contribution in [0.5, 0.6) is 11.5 Å². The summed E-state index contributed by atoms with van der Waals surface area (Å²) in [6.07, 6.45) is 0.977. The van der Waals surface area contributed by atoms with Crippen molar-refractivity contribution in [3.8, 4) is 22.8 Å². The highest BCUT2D eigenvalue weighted by atomic mass is 32.1. The third kappa shape index (κ3) is 5.56. The minimum Gasteiger partial charge on any atom is -0.494 e. The first-order valence-corrected chi connectivity index (χ1v) is 9.70. The van der Waals surface area contributed by atoms with Crippen molar-refractivity contribution in [3.63, 3.8) is 0 Å². The molecule has 1 heterocycles. The van der Waals surface area contributed by atoms with E-state index in [0.29, 0.717) is 17.5 Å². The summed E-state index contributed by atoms with van der Waals surface area (Å²) in [7, 11) is 0. The number of aromatic nitrogens is 1. The minimum atomic E-state index is -0.235. The second-order valence-corrected chi connectivity index (χ2v) is 6.92. The molecule has 0 bridgehead atoms. The molecule has 0 spiro atoms. The van der Waals surface area contributed by atoms with Crippen LogP contribution in [0.15, 0.2) is 53.9 Å². The molecule has 0 unspecified atom stereocenters. The first-order chi connectivity index (χ1) is 13.1. The van der Waals surface area contributed by atoms with Crippen LogP contribution in [0, 0.1) is 6.92 Å². The lowest BCUT2D eigenvalue weighted by Crippen LogP contribution is -2.20. The summed E-state index contributed by atoms with van der Waals surface area (Å²) in [5.74, 6) is 1.29. The number of amides is 1. The maximum atomic E-state index is 12.1. The standard InChI is InChI=1S/C21H22N2O3S/c1-3-11-25-17-9-7-16(8-10-17)19-14-27-21(22-19)23-20(24)13-26-18-6-4-5-15(2)12-18/h4-10,12,14H,3,11,13H2,1-2H3,(H,22,23,24). The van der Waals surface area contributed by atoms with Crippen LogP contribution in [0.3, 0.4) is 0 Å². The van der Waals surface area contributed by atoms with Crippen molar-refractivity contribution in [1.82, 2.24) is 4.98 Å². The van der Waals surface area contributed by atoms with Gasteiger partial charge in [-0.05, 0) is 55.3 Å². The molecule has 0 saturated carbocycles. The van der Waals surface area contributed by atoms with E-state index in [1.807, 2.05) is 60.8 Å². The highest BCUT2D eigenvalue weighted by Gasteiger charge is 2.09. The Morgan fingerprint density at radius 3 is 2.67 bits per heavy atom. The second-order valence-electron chi connectivity index (χ2n) is 6.06. The highest BCUT2D eigenvalue weighted by Crippen LogP contribution is 2.26. The van der Waals surface area contributed by atoms with Gasteiger partial charge in [-0.2, -0.15) is 0 Å². The number of hydrogen-bond acceptors (Lipinski definition) is 5. The molecular formula is C21H22N2O3S. The zero-order valence-corrected chi connectivity index (χ0v) is 16.2. The molecular weight excluding hydrogens is 360 g/mol. The van der Waals surface area contributed by atoms with Crippen molar-refractivity contribution in [3.05, 3.63) is 59.5 Å². The van der Waals surface area contributed by atoms with E-state index in [1.54, 1.807) is 0 Å². The molecule has 1 amide bonds. The van der Waals surface area contributed by atoms with Crippen LogP contribution in [-0.4, -0.2) is 24.1 Å². The summed E-state index contributed by atoms with van der Waals surface area (Å²) in [4.78, 5) is 16.5. The van der Waals surface area contributed by atoms with E-state index in [0.717, 1.165) is 29.0 Å². The van der Waals surface area contributed by atoms with Gasteiger partial charge in [0, 0.05) is 10.9 Å². The molecule has 0 aliphatic rings. The zero-order valence-electron chi connectivity index (χ0n) is 15.4. The summed E-state index contributed by atoms with van der Waals surface area (Å²) in [6.45, 7) is 4.70.